The lowest BCUT2D eigenvalue weighted by molar-refractivity contribution is -0.0366. The highest BCUT2D eigenvalue weighted by Gasteiger charge is 2.53. The Morgan fingerprint density at radius 2 is 1.61 bits per heavy atom. The molecule has 0 heterocycles. The van der Waals surface area contributed by atoms with Gasteiger partial charge in [0.15, 0.2) is 0 Å². The van der Waals surface area contributed by atoms with Crippen LogP contribution in [-0.4, -0.2) is 38.3 Å². The molecule has 1 aliphatic rings. The van der Waals surface area contributed by atoms with Crippen LogP contribution in [0.3, 0.4) is 0 Å². The van der Waals surface area contributed by atoms with Gasteiger partial charge < -0.3 is 20.5 Å². The highest BCUT2D eigenvalue weighted by molar-refractivity contribution is 5.94. The molecule has 158 valence electrons. The summed E-state index contributed by atoms with van der Waals surface area (Å²) in [7, 11) is 0. The van der Waals surface area contributed by atoms with E-state index >= 15 is 0 Å². The van der Waals surface area contributed by atoms with E-state index in [4.69, 9.17) is 15.2 Å². The molecule has 0 saturated heterocycles. The molecule has 28 heavy (non-hydrogen) atoms. The van der Waals surface area contributed by atoms with Crippen LogP contribution in [0, 0.1) is 10.8 Å². The molecular formula is C23H38N2O3. The number of ether oxygens (including phenoxy) is 2. The molecule has 5 heteroatoms. The zero-order valence-electron chi connectivity index (χ0n) is 18.1. The smallest absolute Gasteiger partial charge is 0.251 e. The third-order valence-corrected chi connectivity index (χ3v) is 5.56. The highest BCUT2D eigenvalue weighted by Crippen LogP contribution is 2.53. The van der Waals surface area contributed by atoms with Crippen LogP contribution in [0.2, 0.25) is 0 Å². The Morgan fingerprint density at radius 3 is 2.21 bits per heavy atom. The topological polar surface area (TPSA) is 73.6 Å². The second kappa shape index (κ2) is 10.3. The number of rotatable bonds is 12. The molecule has 1 saturated carbocycles. The normalized spacial score (nSPS) is 17.8. The van der Waals surface area contributed by atoms with Gasteiger partial charge in [0.2, 0.25) is 0 Å². The first kappa shape index (κ1) is 22.7. The van der Waals surface area contributed by atoms with Crippen LogP contribution < -0.4 is 15.8 Å². The second-order valence-corrected chi connectivity index (χ2v) is 9.25. The molecule has 1 aromatic rings. The summed E-state index contributed by atoms with van der Waals surface area (Å²) in [5.74, 6) is 0.798. The first-order valence-electron chi connectivity index (χ1n) is 10.6. The average Bonchev–Trinajstić information content (AvgIpc) is 2.64. The predicted octanol–water partition coefficient (Wildman–Crippen LogP) is 4.16. The zero-order chi connectivity index (χ0) is 20.6. The van der Waals surface area contributed by atoms with Crippen LogP contribution in [0.4, 0.5) is 0 Å². The van der Waals surface area contributed by atoms with Gasteiger partial charge in [-0.2, -0.15) is 0 Å². The molecule has 0 radical (unpaired) electrons. The molecule has 3 N–H and O–H groups in total. The van der Waals surface area contributed by atoms with E-state index in [1.165, 1.54) is 0 Å². The van der Waals surface area contributed by atoms with Gasteiger partial charge >= 0.3 is 0 Å². The van der Waals surface area contributed by atoms with Crippen molar-refractivity contribution in [3.05, 3.63) is 29.8 Å². The first-order valence-corrected chi connectivity index (χ1v) is 10.6. The maximum atomic E-state index is 12.6. The first-order chi connectivity index (χ1) is 13.3. The summed E-state index contributed by atoms with van der Waals surface area (Å²) in [5, 5.41) is 3.22. The van der Waals surface area contributed by atoms with E-state index in [0.717, 1.165) is 51.1 Å². The molecule has 2 rings (SSSR count). The second-order valence-electron chi connectivity index (χ2n) is 9.25. The van der Waals surface area contributed by atoms with Gasteiger partial charge in [-0.15, -0.1) is 0 Å². The van der Waals surface area contributed by atoms with Crippen LogP contribution in [-0.2, 0) is 4.74 Å². The standard InChI is InChI=1S/C23H38N2O3/c1-22(2)17-23(3,4)21(22)25-20(26)18-9-11-19(12-10-18)28-16-7-5-6-14-27-15-8-13-24/h9-12,21H,5-8,13-17,24H2,1-4H3,(H,25,26). The summed E-state index contributed by atoms with van der Waals surface area (Å²) in [5.41, 5.74) is 6.40. The van der Waals surface area contributed by atoms with Crippen molar-refractivity contribution in [2.75, 3.05) is 26.4 Å². The Balaban J connectivity index is 1.67. The summed E-state index contributed by atoms with van der Waals surface area (Å²) >= 11 is 0. The molecule has 0 atom stereocenters. The number of nitrogens with one attached hydrogen (secondary N) is 1. The van der Waals surface area contributed by atoms with Crippen LogP contribution in [0.15, 0.2) is 24.3 Å². The number of carbonyl (C=O) groups is 1. The van der Waals surface area contributed by atoms with Crippen molar-refractivity contribution in [1.29, 1.82) is 0 Å². The monoisotopic (exact) mass is 390 g/mol. The summed E-state index contributed by atoms with van der Waals surface area (Å²) < 4.78 is 11.3. The van der Waals surface area contributed by atoms with Gasteiger partial charge in [-0.3, -0.25) is 4.79 Å². The minimum Gasteiger partial charge on any atom is -0.494 e. The quantitative estimate of drug-likeness (QED) is 0.526. The minimum atomic E-state index is -0.00737. The fourth-order valence-electron chi connectivity index (χ4n) is 4.57. The molecule has 1 aliphatic carbocycles. The van der Waals surface area contributed by atoms with Gasteiger partial charge in [0.1, 0.15) is 5.75 Å². The fraction of sp³-hybridized carbons (Fsp3) is 0.696. The zero-order valence-corrected chi connectivity index (χ0v) is 18.1. The minimum absolute atomic E-state index is 0.00737. The van der Waals surface area contributed by atoms with Crippen molar-refractivity contribution in [2.45, 2.75) is 65.8 Å². The third-order valence-electron chi connectivity index (χ3n) is 5.56. The molecule has 0 bridgehead atoms. The summed E-state index contributed by atoms with van der Waals surface area (Å²) in [4.78, 5) is 12.6. The number of nitrogens with two attached hydrogens (primary N) is 1. The molecule has 1 amide bonds. The van der Waals surface area contributed by atoms with Crippen molar-refractivity contribution in [3.63, 3.8) is 0 Å². The number of carbonyl (C=O) groups excluding carboxylic acids is 1. The maximum Gasteiger partial charge on any atom is 0.251 e. The largest absolute Gasteiger partial charge is 0.494 e. The van der Waals surface area contributed by atoms with E-state index < -0.39 is 0 Å². The number of hydrogen-bond acceptors (Lipinski definition) is 4. The number of amides is 1. The predicted molar refractivity (Wildman–Crippen MR) is 114 cm³/mol. The number of unbranched alkanes of at least 4 members (excludes halogenated alkanes) is 2. The fourth-order valence-corrected chi connectivity index (χ4v) is 4.57. The lowest BCUT2D eigenvalue weighted by atomic mass is 9.52. The van der Waals surface area contributed by atoms with E-state index in [2.05, 4.69) is 33.0 Å². The van der Waals surface area contributed by atoms with Crippen molar-refractivity contribution in [2.24, 2.45) is 16.6 Å². The van der Waals surface area contributed by atoms with E-state index in [1.807, 2.05) is 24.3 Å². The number of benzene rings is 1. The maximum absolute atomic E-state index is 12.6. The van der Waals surface area contributed by atoms with E-state index in [0.29, 0.717) is 18.7 Å². The van der Waals surface area contributed by atoms with Crippen LogP contribution in [0.5, 0.6) is 5.75 Å². The molecule has 0 aliphatic heterocycles. The Kier molecular flexibility index (Phi) is 8.32. The van der Waals surface area contributed by atoms with Crippen LogP contribution >= 0.6 is 0 Å². The van der Waals surface area contributed by atoms with Crippen LogP contribution in [0.1, 0.15) is 70.2 Å². The van der Waals surface area contributed by atoms with Gasteiger partial charge in [0.25, 0.3) is 5.91 Å². The average molecular weight is 391 g/mol. The van der Waals surface area contributed by atoms with E-state index in [9.17, 15) is 4.79 Å². The molecule has 0 spiro atoms. The summed E-state index contributed by atoms with van der Waals surface area (Å²) in [6, 6.07) is 7.63. The molecule has 0 unspecified atom stereocenters. The SMILES string of the molecule is CC1(C)CC(C)(C)C1NC(=O)c1ccc(OCCCCCOCCCN)cc1. The summed E-state index contributed by atoms with van der Waals surface area (Å²) in [6.45, 7) is 11.8. The lowest BCUT2D eigenvalue weighted by Crippen LogP contribution is -2.63. The Morgan fingerprint density at radius 1 is 1.00 bits per heavy atom. The van der Waals surface area contributed by atoms with Crippen molar-refractivity contribution < 1.29 is 14.3 Å². The van der Waals surface area contributed by atoms with Crippen molar-refractivity contribution in [1.82, 2.24) is 5.32 Å². The van der Waals surface area contributed by atoms with Crippen molar-refractivity contribution >= 4 is 5.91 Å². The molecule has 1 aromatic carbocycles. The van der Waals surface area contributed by atoms with E-state index in [1.54, 1.807) is 0 Å². The lowest BCUT2D eigenvalue weighted by Gasteiger charge is -2.57. The van der Waals surface area contributed by atoms with Gasteiger partial charge in [0.05, 0.1) is 6.61 Å². The van der Waals surface area contributed by atoms with Crippen molar-refractivity contribution in [3.8, 4) is 5.75 Å². The Hall–Kier alpha value is -1.59. The van der Waals surface area contributed by atoms with Gasteiger partial charge in [0, 0.05) is 24.8 Å². The molecular weight excluding hydrogens is 352 g/mol. The molecule has 5 nitrogen and oxygen atoms in total. The third kappa shape index (κ3) is 6.49. The molecule has 0 aromatic heterocycles. The van der Waals surface area contributed by atoms with Gasteiger partial charge in [-0.1, -0.05) is 27.7 Å². The van der Waals surface area contributed by atoms with Crippen LogP contribution in [0.25, 0.3) is 0 Å². The highest BCUT2D eigenvalue weighted by atomic mass is 16.5. The Labute approximate surface area is 170 Å². The summed E-state index contributed by atoms with van der Waals surface area (Å²) in [6.07, 6.45) is 5.16. The number of hydrogen-bond donors (Lipinski definition) is 2. The Bertz CT molecular complexity index is 597. The van der Waals surface area contributed by atoms with Gasteiger partial charge in [-0.05, 0) is 73.7 Å². The molecule has 1 fully saturated rings. The van der Waals surface area contributed by atoms with Gasteiger partial charge in [-0.25, -0.2) is 0 Å². The van der Waals surface area contributed by atoms with E-state index in [-0.39, 0.29) is 22.8 Å².